The van der Waals surface area contributed by atoms with Crippen LogP contribution in [0.25, 0.3) is 11.0 Å². The maximum Gasteiger partial charge on any atom is 0.349 e. The lowest BCUT2D eigenvalue weighted by molar-refractivity contribution is 0.0939. The van der Waals surface area contributed by atoms with Crippen LogP contribution in [0.5, 0.6) is 0 Å². The molecule has 0 amide bonds. The molecule has 7 nitrogen and oxygen atoms in total. The zero-order valence-electron chi connectivity index (χ0n) is 20.1. The first kappa shape index (κ1) is 22.9. The van der Waals surface area contributed by atoms with Gasteiger partial charge in [-0.3, -0.25) is 9.47 Å². The fourth-order valence-corrected chi connectivity index (χ4v) is 5.03. The molecule has 1 fully saturated rings. The highest BCUT2D eigenvalue weighted by molar-refractivity contribution is 5.86. The highest BCUT2D eigenvalue weighted by atomic mass is 16.1. The Bertz CT molecular complexity index is 1240. The second kappa shape index (κ2) is 9.32. The Morgan fingerprint density at radius 2 is 1.85 bits per heavy atom. The molecule has 33 heavy (non-hydrogen) atoms. The molecule has 1 saturated heterocycles. The van der Waals surface area contributed by atoms with E-state index in [0.717, 1.165) is 25.9 Å². The zero-order valence-corrected chi connectivity index (χ0v) is 20.1. The van der Waals surface area contributed by atoms with Gasteiger partial charge in [0.05, 0.1) is 5.52 Å². The van der Waals surface area contributed by atoms with Crippen LogP contribution in [0, 0.1) is 18.3 Å². The third-order valence-corrected chi connectivity index (χ3v) is 6.93. The molecule has 1 aliphatic rings. The van der Waals surface area contributed by atoms with Crippen LogP contribution in [0.15, 0.2) is 41.2 Å². The van der Waals surface area contributed by atoms with Crippen LogP contribution in [-0.2, 0) is 7.05 Å². The third-order valence-electron chi connectivity index (χ3n) is 6.93. The van der Waals surface area contributed by atoms with Gasteiger partial charge in [0, 0.05) is 38.3 Å². The Balaban J connectivity index is 1.73. The van der Waals surface area contributed by atoms with Crippen molar-refractivity contribution in [2.75, 3.05) is 18.0 Å². The molecule has 4 rings (SSSR count). The van der Waals surface area contributed by atoms with E-state index < -0.39 is 0 Å². The number of aryl methyl sites for hydroxylation is 2. The van der Waals surface area contributed by atoms with Gasteiger partial charge in [0.2, 0.25) is 0 Å². The molecule has 1 aromatic carbocycles. The average Bonchev–Trinajstić information content (AvgIpc) is 2.83. The summed E-state index contributed by atoms with van der Waals surface area (Å²) < 4.78 is 1.50. The minimum Gasteiger partial charge on any atom is -0.349 e. The highest BCUT2D eigenvalue weighted by Gasteiger charge is 2.36. The normalized spacial score (nSPS) is 20.1. The number of anilines is 1. The summed E-state index contributed by atoms with van der Waals surface area (Å²) in [6.07, 6.45) is 2.03. The van der Waals surface area contributed by atoms with Crippen LogP contribution in [-0.4, -0.2) is 44.6 Å². The van der Waals surface area contributed by atoms with Crippen molar-refractivity contribution in [2.45, 2.75) is 58.7 Å². The summed E-state index contributed by atoms with van der Waals surface area (Å²) in [7, 11) is 1.69. The monoisotopic (exact) mass is 444 g/mol. The molecular weight excluding hydrogens is 412 g/mol. The van der Waals surface area contributed by atoms with Crippen molar-refractivity contribution >= 4 is 16.9 Å². The molecule has 0 aliphatic carbocycles. The number of nitrogens with zero attached hydrogens (tertiary/aromatic N) is 6. The van der Waals surface area contributed by atoms with Crippen LogP contribution in [0.2, 0.25) is 0 Å². The molecule has 1 aliphatic heterocycles. The molecule has 3 aromatic rings. The van der Waals surface area contributed by atoms with Gasteiger partial charge in [0.15, 0.2) is 5.82 Å². The standard InChI is InChI=1S/C26H32N6O/c1-6-21-16-31(18(4)15-32(21)22(7-2)19-10-8-17(3)9-11-19)25-24-23(30(5)26(33)29-25)13-12-20(14-27)28-24/h8-13,18,21-22H,6-7,15-16H2,1-5H3/t18-,21+,22?/m0/s1. The van der Waals surface area contributed by atoms with Gasteiger partial charge in [-0.2, -0.15) is 10.2 Å². The van der Waals surface area contributed by atoms with Crippen LogP contribution in [0.1, 0.15) is 56.5 Å². The van der Waals surface area contributed by atoms with Gasteiger partial charge in [0.25, 0.3) is 0 Å². The summed E-state index contributed by atoms with van der Waals surface area (Å²) in [6, 6.07) is 15.2. The minimum absolute atomic E-state index is 0.141. The second-order valence-electron chi connectivity index (χ2n) is 9.05. The number of benzene rings is 1. The Morgan fingerprint density at radius 1 is 1.12 bits per heavy atom. The van der Waals surface area contributed by atoms with Crippen molar-refractivity contribution in [3.63, 3.8) is 0 Å². The lowest BCUT2D eigenvalue weighted by atomic mass is 9.95. The number of hydrogen-bond donors (Lipinski definition) is 0. The van der Waals surface area contributed by atoms with E-state index in [0.29, 0.717) is 34.6 Å². The minimum atomic E-state index is -0.308. The maximum absolute atomic E-state index is 12.7. The van der Waals surface area contributed by atoms with E-state index in [1.807, 2.05) is 0 Å². The SMILES string of the molecule is CCC(c1ccc(C)cc1)N1C[C@H](C)N(c2nc(=O)n(C)c3ccc(C#N)nc23)C[C@H]1CC. The summed E-state index contributed by atoms with van der Waals surface area (Å²) in [4.78, 5) is 26.5. The first-order valence-corrected chi connectivity index (χ1v) is 11.7. The Morgan fingerprint density at radius 3 is 2.48 bits per heavy atom. The van der Waals surface area contributed by atoms with Crippen molar-refractivity contribution in [2.24, 2.45) is 7.05 Å². The number of hydrogen-bond acceptors (Lipinski definition) is 6. The van der Waals surface area contributed by atoms with Gasteiger partial charge in [-0.1, -0.05) is 43.7 Å². The number of pyridine rings is 1. The van der Waals surface area contributed by atoms with Crippen LogP contribution in [0.3, 0.4) is 0 Å². The third kappa shape index (κ3) is 4.23. The quantitative estimate of drug-likeness (QED) is 0.593. The first-order valence-electron chi connectivity index (χ1n) is 11.7. The second-order valence-corrected chi connectivity index (χ2v) is 9.05. The van der Waals surface area contributed by atoms with Gasteiger partial charge in [-0.15, -0.1) is 0 Å². The smallest absolute Gasteiger partial charge is 0.349 e. The molecule has 0 bridgehead atoms. The molecule has 0 radical (unpaired) electrons. The first-order chi connectivity index (χ1) is 15.9. The molecule has 0 saturated carbocycles. The number of fused-ring (bicyclic) bond motifs is 1. The fraction of sp³-hybridized carbons (Fsp3) is 0.462. The van der Waals surface area contributed by atoms with Crippen molar-refractivity contribution in [3.05, 3.63) is 63.7 Å². The molecule has 3 heterocycles. The van der Waals surface area contributed by atoms with E-state index in [4.69, 9.17) is 0 Å². The van der Waals surface area contributed by atoms with E-state index in [-0.39, 0.29) is 11.7 Å². The summed E-state index contributed by atoms with van der Waals surface area (Å²) >= 11 is 0. The predicted molar refractivity (Wildman–Crippen MR) is 131 cm³/mol. The van der Waals surface area contributed by atoms with E-state index >= 15 is 0 Å². The summed E-state index contributed by atoms with van der Waals surface area (Å²) in [5, 5.41) is 9.38. The molecular formula is C26H32N6O. The Hall–Kier alpha value is -3.24. The van der Waals surface area contributed by atoms with Crippen LogP contribution >= 0.6 is 0 Å². The number of nitriles is 1. The van der Waals surface area contributed by atoms with E-state index in [2.05, 4.69) is 77.8 Å². The van der Waals surface area contributed by atoms with E-state index in [1.165, 1.54) is 15.7 Å². The molecule has 0 N–H and O–H groups in total. The van der Waals surface area contributed by atoms with Crippen LogP contribution in [0.4, 0.5) is 5.82 Å². The lowest BCUT2D eigenvalue weighted by Crippen LogP contribution is -2.58. The molecule has 3 atom stereocenters. The largest absolute Gasteiger partial charge is 0.349 e. The van der Waals surface area contributed by atoms with E-state index in [9.17, 15) is 10.1 Å². The number of rotatable bonds is 5. The molecule has 1 unspecified atom stereocenters. The Kier molecular flexibility index (Phi) is 6.48. The lowest BCUT2D eigenvalue weighted by Gasteiger charge is -2.49. The van der Waals surface area contributed by atoms with Crippen molar-refractivity contribution in [3.8, 4) is 6.07 Å². The summed E-state index contributed by atoms with van der Waals surface area (Å²) in [6.45, 7) is 10.4. The Labute approximate surface area is 195 Å². The fourth-order valence-electron chi connectivity index (χ4n) is 5.03. The van der Waals surface area contributed by atoms with Gasteiger partial charge in [-0.25, -0.2) is 9.78 Å². The number of piperazine rings is 1. The topological polar surface area (TPSA) is 78.0 Å². The zero-order chi connectivity index (χ0) is 23.7. The van der Waals surface area contributed by atoms with Crippen molar-refractivity contribution in [1.29, 1.82) is 5.26 Å². The van der Waals surface area contributed by atoms with Gasteiger partial charge in [-0.05, 0) is 44.4 Å². The number of aromatic nitrogens is 3. The van der Waals surface area contributed by atoms with Crippen molar-refractivity contribution in [1.82, 2.24) is 19.4 Å². The average molecular weight is 445 g/mol. The predicted octanol–water partition coefficient (Wildman–Crippen LogP) is 3.95. The van der Waals surface area contributed by atoms with Crippen molar-refractivity contribution < 1.29 is 0 Å². The van der Waals surface area contributed by atoms with Gasteiger partial charge in [0.1, 0.15) is 17.3 Å². The maximum atomic E-state index is 12.7. The van der Waals surface area contributed by atoms with Gasteiger partial charge >= 0.3 is 5.69 Å². The molecule has 2 aromatic heterocycles. The molecule has 7 heteroatoms. The molecule has 172 valence electrons. The van der Waals surface area contributed by atoms with E-state index in [1.54, 1.807) is 19.2 Å². The van der Waals surface area contributed by atoms with Crippen LogP contribution < -0.4 is 10.6 Å². The highest BCUT2D eigenvalue weighted by Crippen LogP contribution is 2.34. The summed E-state index contributed by atoms with van der Waals surface area (Å²) in [5.41, 5.74) is 3.94. The summed E-state index contributed by atoms with van der Waals surface area (Å²) in [5.74, 6) is 0.583. The van der Waals surface area contributed by atoms with Gasteiger partial charge < -0.3 is 4.90 Å². The molecule has 0 spiro atoms.